The highest BCUT2D eigenvalue weighted by Gasteiger charge is 2.23. The standard InChI is InChI=1S/C17H22N2O2/c20-12-7-16(19-10-8-18-9-11-19)14-5-6-17(21)15-4-2-1-3-13(14)15/h1-6,16,18,20-21H,7-12H2/t16-/m0/s1. The molecule has 1 atom stereocenters. The van der Waals surface area contributed by atoms with E-state index in [9.17, 15) is 10.2 Å². The Balaban J connectivity index is 2.04. The predicted molar refractivity (Wildman–Crippen MR) is 84.5 cm³/mol. The van der Waals surface area contributed by atoms with E-state index in [4.69, 9.17) is 0 Å². The first kappa shape index (κ1) is 14.3. The highest BCUT2D eigenvalue weighted by molar-refractivity contribution is 5.91. The van der Waals surface area contributed by atoms with Crippen molar-refractivity contribution in [3.63, 3.8) is 0 Å². The lowest BCUT2D eigenvalue weighted by Gasteiger charge is -2.35. The quantitative estimate of drug-likeness (QED) is 0.803. The van der Waals surface area contributed by atoms with Crippen LogP contribution in [0.1, 0.15) is 18.0 Å². The minimum absolute atomic E-state index is 0.170. The van der Waals surface area contributed by atoms with Crippen LogP contribution in [0.3, 0.4) is 0 Å². The van der Waals surface area contributed by atoms with Crippen molar-refractivity contribution in [3.8, 4) is 5.75 Å². The normalized spacial score (nSPS) is 18.0. The molecular weight excluding hydrogens is 264 g/mol. The molecule has 0 bridgehead atoms. The average Bonchev–Trinajstić information content (AvgIpc) is 2.55. The van der Waals surface area contributed by atoms with E-state index in [-0.39, 0.29) is 12.6 Å². The maximum atomic E-state index is 10.0. The number of aromatic hydroxyl groups is 1. The van der Waals surface area contributed by atoms with Crippen molar-refractivity contribution >= 4 is 10.8 Å². The molecule has 1 heterocycles. The lowest BCUT2D eigenvalue weighted by molar-refractivity contribution is 0.142. The molecule has 1 saturated heterocycles. The zero-order valence-corrected chi connectivity index (χ0v) is 12.1. The Morgan fingerprint density at radius 2 is 1.76 bits per heavy atom. The maximum absolute atomic E-state index is 10.0. The van der Waals surface area contributed by atoms with Gasteiger partial charge in [0.25, 0.3) is 0 Å². The molecule has 1 aliphatic heterocycles. The molecule has 3 rings (SSSR count). The molecule has 0 aromatic heterocycles. The van der Waals surface area contributed by atoms with E-state index in [0.29, 0.717) is 5.75 Å². The molecule has 4 heteroatoms. The van der Waals surface area contributed by atoms with Crippen LogP contribution in [0.4, 0.5) is 0 Å². The van der Waals surface area contributed by atoms with E-state index >= 15 is 0 Å². The van der Waals surface area contributed by atoms with Gasteiger partial charge in [0, 0.05) is 44.2 Å². The number of hydrogen-bond donors (Lipinski definition) is 3. The van der Waals surface area contributed by atoms with Gasteiger partial charge in [-0.15, -0.1) is 0 Å². The fourth-order valence-electron chi connectivity index (χ4n) is 3.25. The van der Waals surface area contributed by atoms with Gasteiger partial charge in [-0.05, 0) is 23.4 Å². The van der Waals surface area contributed by atoms with Gasteiger partial charge in [0.05, 0.1) is 0 Å². The third-order valence-corrected chi connectivity index (χ3v) is 4.29. The number of benzene rings is 2. The molecule has 0 spiro atoms. The number of aliphatic hydroxyl groups excluding tert-OH is 1. The van der Waals surface area contributed by atoms with Crippen LogP contribution in [-0.4, -0.2) is 47.9 Å². The van der Waals surface area contributed by atoms with Crippen LogP contribution in [0.15, 0.2) is 36.4 Å². The summed E-state index contributed by atoms with van der Waals surface area (Å²) in [7, 11) is 0. The summed E-state index contributed by atoms with van der Waals surface area (Å²) >= 11 is 0. The molecule has 112 valence electrons. The summed E-state index contributed by atoms with van der Waals surface area (Å²) in [5.74, 6) is 0.317. The fourth-order valence-corrected chi connectivity index (χ4v) is 3.25. The van der Waals surface area contributed by atoms with Gasteiger partial charge in [-0.2, -0.15) is 0 Å². The number of hydrogen-bond acceptors (Lipinski definition) is 4. The second kappa shape index (κ2) is 6.43. The van der Waals surface area contributed by atoms with Crippen LogP contribution in [0.25, 0.3) is 10.8 Å². The number of nitrogens with zero attached hydrogens (tertiary/aromatic N) is 1. The van der Waals surface area contributed by atoms with E-state index in [1.807, 2.05) is 24.3 Å². The lowest BCUT2D eigenvalue weighted by atomic mass is 9.95. The zero-order valence-electron chi connectivity index (χ0n) is 12.1. The maximum Gasteiger partial charge on any atom is 0.123 e. The first-order chi connectivity index (χ1) is 10.3. The van der Waals surface area contributed by atoms with Crippen molar-refractivity contribution in [1.82, 2.24) is 10.2 Å². The molecule has 1 fully saturated rings. The number of nitrogens with one attached hydrogen (secondary N) is 1. The van der Waals surface area contributed by atoms with Crippen molar-refractivity contribution in [2.75, 3.05) is 32.8 Å². The molecule has 0 aliphatic carbocycles. The molecule has 0 radical (unpaired) electrons. The van der Waals surface area contributed by atoms with Crippen LogP contribution in [0, 0.1) is 0 Å². The van der Waals surface area contributed by atoms with Crippen LogP contribution < -0.4 is 5.32 Å². The average molecular weight is 286 g/mol. The summed E-state index contributed by atoms with van der Waals surface area (Å²) in [4.78, 5) is 2.42. The highest BCUT2D eigenvalue weighted by atomic mass is 16.3. The molecule has 0 amide bonds. The second-order valence-corrected chi connectivity index (χ2v) is 5.53. The Bertz CT molecular complexity index is 609. The number of phenols is 1. The van der Waals surface area contributed by atoms with Gasteiger partial charge < -0.3 is 15.5 Å². The first-order valence-corrected chi connectivity index (χ1v) is 7.57. The highest BCUT2D eigenvalue weighted by Crippen LogP contribution is 2.34. The number of piperazine rings is 1. The zero-order chi connectivity index (χ0) is 14.7. The Hall–Kier alpha value is -1.62. The lowest BCUT2D eigenvalue weighted by Crippen LogP contribution is -2.45. The van der Waals surface area contributed by atoms with Crippen LogP contribution in [0.2, 0.25) is 0 Å². The number of fused-ring (bicyclic) bond motifs is 1. The van der Waals surface area contributed by atoms with Crippen molar-refractivity contribution in [2.24, 2.45) is 0 Å². The minimum atomic E-state index is 0.170. The van der Waals surface area contributed by atoms with Gasteiger partial charge >= 0.3 is 0 Å². The largest absolute Gasteiger partial charge is 0.507 e. The summed E-state index contributed by atoms with van der Waals surface area (Å²) < 4.78 is 0. The topological polar surface area (TPSA) is 55.7 Å². The Morgan fingerprint density at radius 3 is 2.48 bits per heavy atom. The van der Waals surface area contributed by atoms with E-state index in [0.717, 1.165) is 43.4 Å². The van der Waals surface area contributed by atoms with Crippen LogP contribution in [0.5, 0.6) is 5.75 Å². The summed E-state index contributed by atoms with van der Waals surface area (Å²) in [5.41, 5.74) is 1.19. The van der Waals surface area contributed by atoms with E-state index in [1.54, 1.807) is 6.07 Å². The molecule has 21 heavy (non-hydrogen) atoms. The molecule has 1 aliphatic rings. The van der Waals surface area contributed by atoms with Gasteiger partial charge in [-0.25, -0.2) is 0 Å². The SMILES string of the molecule is OCC[C@@H](c1ccc(O)c2ccccc12)N1CCNCC1. The number of phenolic OH excluding ortho intramolecular Hbond substituents is 1. The Labute approximate surface area is 125 Å². The first-order valence-electron chi connectivity index (χ1n) is 7.57. The smallest absolute Gasteiger partial charge is 0.123 e. The van der Waals surface area contributed by atoms with E-state index in [2.05, 4.69) is 16.3 Å². The molecule has 2 aromatic carbocycles. The molecule has 0 unspecified atom stereocenters. The number of aliphatic hydroxyl groups is 1. The van der Waals surface area contributed by atoms with Gasteiger partial charge in [-0.3, -0.25) is 4.90 Å². The Kier molecular flexibility index (Phi) is 4.39. The summed E-state index contributed by atoms with van der Waals surface area (Å²) in [5, 5.41) is 24.8. The molecule has 3 N–H and O–H groups in total. The van der Waals surface area contributed by atoms with Crippen LogP contribution in [-0.2, 0) is 0 Å². The monoisotopic (exact) mass is 286 g/mol. The van der Waals surface area contributed by atoms with E-state index < -0.39 is 0 Å². The van der Waals surface area contributed by atoms with Gasteiger partial charge in [0.15, 0.2) is 0 Å². The predicted octanol–water partition coefficient (Wildman–Crippen LogP) is 1.87. The van der Waals surface area contributed by atoms with Crippen LogP contribution >= 0.6 is 0 Å². The summed E-state index contributed by atoms with van der Waals surface area (Å²) in [6.45, 7) is 4.11. The third-order valence-electron chi connectivity index (χ3n) is 4.29. The van der Waals surface area contributed by atoms with Crippen molar-refractivity contribution in [3.05, 3.63) is 42.0 Å². The number of rotatable bonds is 4. The molecule has 4 nitrogen and oxygen atoms in total. The van der Waals surface area contributed by atoms with Crippen molar-refractivity contribution < 1.29 is 10.2 Å². The minimum Gasteiger partial charge on any atom is -0.507 e. The van der Waals surface area contributed by atoms with Gasteiger partial charge in [0.1, 0.15) is 5.75 Å². The Morgan fingerprint density at radius 1 is 1.05 bits per heavy atom. The van der Waals surface area contributed by atoms with Crippen molar-refractivity contribution in [2.45, 2.75) is 12.5 Å². The molecular formula is C17H22N2O2. The molecule has 0 saturated carbocycles. The van der Waals surface area contributed by atoms with Crippen molar-refractivity contribution in [1.29, 1.82) is 0 Å². The van der Waals surface area contributed by atoms with Gasteiger partial charge in [-0.1, -0.05) is 30.3 Å². The summed E-state index contributed by atoms with van der Waals surface area (Å²) in [6, 6.07) is 11.9. The fraction of sp³-hybridized carbons (Fsp3) is 0.412. The summed E-state index contributed by atoms with van der Waals surface area (Å²) in [6.07, 6.45) is 0.717. The molecule has 2 aromatic rings. The third kappa shape index (κ3) is 2.88. The van der Waals surface area contributed by atoms with E-state index in [1.165, 1.54) is 5.56 Å². The van der Waals surface area contributed by atoms with Gasteiger partial charge in [0.2, 0.25) is 0 Å². The second-order valence-electron chi connectivity index (χ2n) is 5.53.